The van der Waals surface area contributed by atoms with E-state index >= 15 is 0 Å². The van der Waals surface area contributed by atoms with E-state index in [1.54, 1.807) is 45.9 Å². The highest BCUT2D eigenvalue weighted by atomic mass is 32.2. The molecule has 2 bridgehead atoms. The van der Waals surface area contributed by atoms with Crippen LogP contribution in [0.3, 0.4) is 0 Å². The summed E-state index contributed by atoms with van der Waals surface area (Å²) in [5.74, 6) is -4.44. The number of alkyl halides is 2. The van der Waals surface area contributed by atoms with Gasteiger partial charge in [-0.25, -0.2) is 32.0 Å². The summed E-state index contributed by atoms with van der Waals surface area (Å²) >= 11 is 0. The molecule has 1 aromatic heterocycles. The highest BCUT2D eigenvalue weighted by Gasteiger charge is 2.67. The van der Waals surface area contributed by atoms with Crippen molar-refractivity contribution in [3.63, 3.8) is 0 Å². The van der Waals surface area contributed by atoms with Gasteiger partial charge in [0.1, 0.15) is 41.3 Å². The number of alkyl carbamates (subject to hydrolysis) is 1. The Morgan fingerprint density at radius 3 is 2.41 bits per heavy atom. The predicted octanol–water partition coefficient (Wildman–Crippen LogP) is 4.80. The number of nitrogens with zero attached hydrogens (tertiary/aromatic N) is 3. The van der Waals surface area contributed by atoms with E-state index in [9.17, 15) is 36.4 Å². The van der Waals surface area contributed by atoms with Gasteiger partial charge < -0.3 is 29.7 Å². The lowest BCUT2D eigenvalue weighted by atomic mass is 9.85. The van der Waals surface area contributed by atoms with Crippen LogP contribution < -0.4 is 24.8 Å². The van der Waals surface area contributed by atoms with Gasteiger partial charge in [0.2, 0.25) is 34.1 Å². The zero-order chi connectivity index (χ0) is 42.7. The largest absolute Gasteiger partial charge is 0.497 e. The van der Waals surface area contributed by atoms with E-state index in [1.807, 2.05) is 4.72 Å². The minimum atomic E-state index is -4.24. The van der Waals surface area contributed by atoms with Gasteiger partial charge in [-0.2, -0.15) is 0 Å². The molecule has 0 spiro atoms. The molecule has 0 unspecified atom stereocenters. The molecule has 3 aliphatic carbocycles. The lowest BCUT2D eigenvalue weighted by Gasteiger charge is -2.36. The number of carbonyl (C=O) groups is 4. The summed E-state index contributed by atoms with van der Waals surface area (Å²) in [5, 5.41) is 5.28. The molecule has 1 saturated heterocycles. The maximum Gasteiger partial charge on any atom is 0.408 e. The van der Waals surface area contributed by atoms with Gasteiger partial charge in [-0.1, -0.05) is 40.5 Å². The van der Waals surface area contributed by atoms with Gasteiger partial charge in [-0.05, 0) is 88.2 Å². The van der Waals surface area contributed by atoms with Crippen LogP contribution in [0.15, 0.2) is 18.2 Å². The van der Waals surface area contributed by atoms with Crippen molar-refractivity contribution in [2.24, 2.45) is 23.2 Å². The van der Waals surface area contributed by atoms with Crippen LogP contribution in [0.5, 0.6) is 11.6 Å². The molecule has 59 heavy (non-hydrogen) atoms. The Labute approximate surface area is 343 Å². The van der Waals surface area contributed by atoms with Crippen molar-refractivity contribution in [1.29, 1.82) is 0 Å². The fourth-order valence-electron chi connectivity index (χ4n) is 8.89. The highest BCUT2D eigenvalue weighted by Crippen LogP contribution is 2.50. The number of benzene rings is 1. The number of aryl methyl sites for hydroxylation is 1. The normalized spacial score (nSPS) is 31.1. The van der Waals surface area contributed by atoms with Crippen LogP contribution in [0.4, 0.5) is 13.6 Å². The van der Waals surface area contributed by atoms with Crippen molar-refractivity contribution < 1.29 is 50.6 Å². The van der Waals surface area contributed by atoms with Crippen LogP contribution in [-0.4, -0.2) is 102 Å². The lowest BCUT2D eigenvalue weighted by molar-refractivity contribution is -0.143. The number of ether oxygens (including phenoxy) is 3. The molecule has 5 aliphatic rings. The van der Waals surface area contributed by atoms with E-state index in [0.29, 0.717) is 48.2 Å². The third kappa shape index (κ3) is 8.51. The van der Waals surface area contributed by atoms with Crippen molar-refractivity contribution in [3.05, 3.63) is 23.9 Å². The van der Waals surface area contributed by atoms with Crippen LogP contribution in [0.2, 0.25) is 0 Å². The fraction of sp³-hybridized carbons (Fsp3) is 0.707. The molecule has 18 heteroatoms. The third-order valence-corrected chi connectivity index (χ3v) is 15.3. The molecule has 8 atom stereocenters. The molecule has 3 saturated carbocycles. The number of hydrogen-bond acceptors (Lipinski definition) is 11. The number of nitrogens with one attached hydrogen (secondary N) is 3. The first-order valence-electron chi connectivity index (χ1n) is 20.7. The van der Waals surface area contributed by atoms with Gasteiger partial charge in [0.15, 0.2) is 0 Å². The lowest BCUT2D eigenvalue weighted by Crippen LogP contribution is -2.61. The molecular weight excluding hydrogens is 791 g/mol. The maximum absolute atomic E-state index is 14.9. The first-order valence-corrected chi connectivity index (χ1v) is 22.2. The number of rotatable bonds is 7. The van der Waals surface area contributed by atoms with Gasteiger partial charge >= 0.3 is 6.09 Å². The molecule has 0 radical (unpaired) electrons. The number of methoxy groups -OCH3 is 1. The van der Waals surface area contributed by atoms with Gasteiger partial charge in [-0.15, -0.1) is 0 Å². The maximum atomic E-state index is 14.9. The number of amides is 4. The van der Waals surface area contributed by atoms with Crippen LogP contribution in [0.1, 0.15) is 105 Å². The molecule has 3 N–H and O–H groups in total. The number of sulfonamides is 1. The minimum absolute atomic E-state index is 0.164. The molecular formula is C41H56F2N6O9S. The van der Waals surface area contributed by atoms with Crippen LogP contribution in [-0.2, 0) is 35.6 Å². The van der Waals surface area contributed by atoms with Crippen molar-refractivity contribution in [1.82, 2.24) is 30.2 Å². The second kappa shape index (κ2) is 15.9. The van der Waals surface area contributed by atoms with E-state index in [2.05, 4.69) is 10.6 Å². The Morgan fingerprint density at radius 1 is 1.02 bits per heavy atom. The molecule has 2 aromatic rings. The zero-order valence-corrected chi connectivity index (χ0v) is 35.3. The molecule has 324 valence electrons. The Kier molecular flexibility index (Phi) is 11.5. The number of carbonyl (C=O) groups excluding carboxylic acids is 4. The van der Waals surface area contributed by atoms with E-state index in [0.717, 1.165) is 38.5 Å². The van der Waals surface area contributed by atoms with Crippen molar-refractivity contribution in [2.45, 2.75) is 146 Å². The van der Waals surface area contributed by atoms with Crippen molar-refractivity contribution >= 4 is 44.9 Å². The van der Waals surface area contributed by atoms with Crippen molar-refractivity contribution in [3.8, 4) is 11.6 Å². The van der Waals surface area contributed by atoms with Gasteiger partial charge in [-0.3, -0.25) is 19.1 Å². The first-order chi connectivity index (χ1) is 27.8. The molecule has 15 nitrogen and oxygen atoms in total. The van der Waals surface area contributed by atoms with E-state index in [4.69, 9.17) is 24.2 Å². The van der Waals surface area contributed by atoms with Crippen LogP contribution in [0.25, 0.3) is 11.0 Å². The predicted molar refractivity (Wildman–Crippen MR) is 211 cm³/mol. The average Bonchev–Trinajstić information content (AvgIpc) is 4.02. The van der Waals surface area contributed by atoms with Gasteiger partial charge in [0, 0.05) is 12.0 Å². The summed E-state index contributed by atoms with van der Waals surface area (Å²) in [6, 6.07) is 2.69. The molecule has 4 fully saturated rings. The van der Waals surface area contributed by atoms with Crippen LogP contribution >= 0.6 is 0 Å². The Balaban J connectivity index is 1.26. The zero-order valence-electron chi connectivity index (χ0n) is 34.5. The number of halogens is 2. The summed E-state index contributed by atoms with van der Waals surface area (Å²) in [6.07, 6.45) is 1.49. The summed E-state index contributed by atoms with van der Waals surface area (Å²) in [4.78, 5) is 67.7. The van der Waals surface area contributed by atoms with E-state index in [1.165, 1.54) is 18.9 Å². The molecule has 2 aliphatic heterocycles. The third-order valence-electron chi connectivity index (χ3n) is 13.1. The second-order valence-corrected chi connectivity index (χ2v) is 20.6. The van der Waals surface area contributed by atoms with E-state index in [-0.39, 0.29) is 24.4 Å². The smallest absolute Gasteiger partial charge is 0.408 e. The quantitative estimate of drug-likeness (QED) is 0.347. The second-order valence-electron chi connectivity index (χ2n) is 18.4. The first kappa shape index (κ1) is 42.8. The topological polar surface area (TPSA) is 195 Å². The molecule has 4 amide bonds. The summed E-state index contributed by atoms with van der Waals surface area (Å²) in [6.45, 7) is 8.20. The summed E-state index contributed by atoms with van der Waals surface area (Å²) in [5.41, 5.74) is -1.45. The molecule has 1 aromatic carbocycles. The number of fused-ring (bicyclic) bond motifs is 5. The van der Waals surface area contributed by atoms with Gasteiger partial charge in [0.05, 0.1) is 35.4 Å². The Hall–Kier alpha value is -4.35. The number of hydrogen-bond donors (Lipinski definition) is 3. The van der Waals surface area contributed by atoms with E-state index < -0.39 is 92.4 Å². The summed E-state index contributed by atoms with van der Waals surface area (Å²) < 4.78 is 73.6. The molecule has 7 rings (SSSR count). The van der Waals surface area contributed by atoms with Crippen LogP contribution in [0, 0.1) is 23.2 Å². The highest BCUT2D eigenvalue weighted by molar-refractivity contribution is 7.91. The average molecular weight is 847 g/mol. The Bertz CT molecular complexity index is 2100. The van der Waals surface area contributed by atoms with Crippen molar-refractivity contribution in [2.75, 3.05) is 13.7 Å². The monoisotopic (exact) mass is 846 g/mol. The Morgan fingerprint density at radius 2 is 1.75 bits per heavy atom. The minimum Gasteiger partial charge on any atom is -0.497 e. The summed E-state index contributed by atoms with van der Waals surface area (Å²) in [7, 11) is -2.71. The fourth-order valence-corrected chi connectivity index (χ4v) is 10.2. The van der Waals surface area contributed by atoms with Gasteiger partial charge in [0.25, 0.3) is 5.91 Å². The molecule has 3 heterocycles. The number of aromatic nitrogens is 2. The standard InChI is InChI=1S/C41H56F2N6O9S/c1-22-30-21-49(31(22)34(50)47-41(20-25(41)33(42)43)37(52)48-59(54,55)40(5)17-18-40)36(51)32(39(2,3)4)46-38(53)58-29-14-10-12-23(29)11-8-7-9-13-27-35(57-30)45-28-19-24(56-6)15-16-26(28)44-27/h15-16,19,22-23,25,29-33H,7-14,17-18,20-21H2,1-6H3,(H,46,53)(H,47,50)(H,48,52)/t22-,23-,25+,29-,30+,31+,32-,41-/m1/s1. The SMILES string of the molecule is COc1ccc2nc3c(nc2c1)O[C@H]1CN(C(=O)[C@H](C(C)(C)C)NC(=O)O[C@@H]2CCC[C@H]2CCCCC3)[C@H](C(=O)N[C@]2(C(=O)NS(=O)(=O)C3(C)CC3)C[C@H]2C(F)F)[C@@H]1C.